The second-order valence-electron chi connectivity index (χ2n) is 9.13. The molecule has 5 N–H and O–H groups in total. The fourth-order valence-electron chi connectivity index (χ4n) is 4.20. The van der Waals surface area contributed by atoms with E-state index >= 15 is 0 Å². The number of carboxylic acids is 1. The zero-order valence-corrected chi connectivity index (χ0v) is 21.7. The minimum atomic E-state index is -1.44. The van der Waals surface area contributed by atoms with E-state index in [2.05, 4.69) is 30.9 Å². The summed E-state index contributed by atoms with van der Waals surface area (Å²) >= 11 is 0. The van der Waals surface area contributed by atoms with Gasteiger partial charge in [-0.15, -0.1) is 0 Å². The third-order valence-corrected chi connectivity index (χ3v) is 6.27. The fourth-order valence-corrected chi connectivity index (χ4v) is 4.20. The van der Waals surface area contributed by atoms with E-state index in [4.69, 9.17) is 9.47 Å². The Morgan fingerprint density at radius 3 is 2.67 bits per heavy atom. The van der Waals surface area contributed by atoms with E-state index in [1.165, 1.54) is 6.20 Å². The minimum Gasteiger partial charge on any atom is -0.480 e. The fraction of sp³-hybridized carbons (Fsp3) is 0.385. The molecule has 14 nitrogen and oxygen atoms in total. The summed E-state index contributed by atoms with van der Waals surface area (Å²) in [6.45, 7) is 0.868. The molecule has 0 unspecified atom stereocenters. The standard InChI is InChI=1S/C26H31N7O7/c34-21(31-24-28-10-11-29-24)6-9-27-22-19(18-7-12-39-13-8-18)14-33(25(37)32-22)15-20(23(35)36)30-26(38)40-16-17-4-2-1-3-5-17/h1-5,10-11,14,18,20H,6-9,12-13,15-16H2,(H,30,38)(H,35,36)(H,27,32,37)(H2,28,29,31,34)/t20-/m0/s1. The van der Waals surface area contributed by atoms with Crippen molar-refractivity contribution in [2.75, 3.05) is 30.4 Å². The quantitative estimate of drug-likeness (QED) is 0.221. The van der Waals surface area contributed by atoms with Gasteiger partial charge in [-0.25, -0.2) is 19.4 Å². The van der Waals surface area contributed by atoms with Crippen LogP contribution in [0.3, 0.4) is 0 Å². The number of anilines is 2. The minimum absolute atomic E-state index is 0.000352. The molecule has 1 aliphatic rings. The number of hydrogen-bond donors (Lipinski definition) is 5. The van der Waals surface area contributed by atoms with Crippen LogP contribution >= 0.6 is 0 Å². The average Bonchev–Trinajstić information content (AvgIpc) is 3.46. The van der Waals surface area contributed by atoms with Gasteiger partial charge in [-0.2, -0.15) is 4.98 Å². The van der Waals surface area contributed by atoms with Gasteiger partial charge >= 0.3 is 17.8 Å². The maximum Gasteiger partial charge on any atom is 0.408 e. The topological polar surface area (TPSA) is 190 Å². The van der Waals surface area contributed by atoms with Gasteiger partial charge < -0.3 is 30.2 Å². The first kappa shape index (κ1) is 28.3. The SMILES string of the molecule is O=C(CCNc1nc(=O)n(C[C@H](NC(=O)OCc2ccccc2)C(=O)O)cc1C1CCOCC1)Nc1ncc[nH]1. The van der Waals surface area contributed by atoms with E-state index in [1.54, 1.807) is 36.7 Å². The number of benzene rings is 1. The van der Waals surface area contributed by atoms with Crippen LogP contribution in [-0.4, -0.2) is 68.4 Å². The van der Waals surface area contributed by atoms with Crippen molar-refractivity contribution >= 4 is 29.7 Å². The highest BCUT2D eigenvalue weighted by Gasteiger charge is 2.25. The predicted molar refractivity (Wildman–Crippen MR) is 143 cm³/mol. The number of carboxylic acid groups (broad SMARTS) is 1. The first-order valence-electron chi connectivity index (χ1n) is 12.8. The van der Waals surface area contributed by atoms with Crippen LogP contribution in [0, 0.1) is 0 Å². The van der Waals surface area contributed by atoms with Crippen LogP contribution in [0.4, 0.5) is 16.6 Å². The Morgan fingerprint density at radius 1 is 1.20 bits per heavy atom. The van der Waals surface area contributed by atoms with Crippen molar-refractivity contribution in [1.82, 2.24) is 24.8 Å². The Balaban J connectivity index is 1.44. The zero-order valence-electron chi connectivity index (χ0n) is 21.7. The van der Waals surface area contributed by atoms with Gasteiger partial charge in [0, 0.05) is 50.3 Å². The third kappa shape index (κ3) is 8.14. The maximum atomic E-state index is 12.9. The number of aliphatic carboxylic acids is 1. The molecule has 1 aliphatic heterocycles. The lowest BCUT2D eigenvalue weighted by molar-refractivity contribution is -0.139. The normalized spacial score (nSPS) is 14.2. The summed E-state index contributed by atoms with van der Waals surface area (Å²) in [5, 5.41) is 17.7. The molecule has 14 heteroatoms. The van der Waals surface area contributed by atoms with Crippen LogP contribution in [0.5, 0.6) is 0 Å². The van der Waals surface area contributed by atoms with Crippen LogP contribution in [-0.2, 0) is 32.2 Å². The molecular weight excluding hydrogens is 522 g/mol. The summed E-state index contributed by atoms with van der Waals surface area (Å²) in [5.74, 6) is -0.960. The summed E-state index contributed by atoms with van der Waals surface area (Å²) < 4.78 is 11.8. The van der Waals surface area contributed by atoms with Crippen molar-refractivity contribution in [2.24, 2.45) is 0 Å². The molecule has 3 aromatic rings. The number of ether oxygens (including phenoxy) is 2. The Kier molecular flexibility index (Phi) is 9.83. The first-order chi connectivity index (χ1) is 19.4. The van der Waals surface area contributed by atoms with Gasteiger partial charge in [0.1, 0.15) is 18.5 Å². The number of aromatic amines is 1. The smallest absolute Gasteiger partial charge is 0.408 e. The molecule has 1 aromatic carbocycles. The molecule has 2 aromatic heterocycles. The predicted octanol–water partition coefficient (Wildman–Crippen LogP) is 1.68. The third-order valence-electron chi connectivity index (χ3n) is 6.27. The molecule has 3 heterocycles. The highest BCUT2D eigenvalue weighted by atomic mass is 16.5. The van der Waals surface area contributed by atoms with E-state index in [0.29, 0.717) is 43.4 Å². The van der Waals surface area contributed by atoms with Gasteiger partial charge in [-0.05, 0) is 24.3 Å². The summed E-state index contributed by atoms with van der Waals surface area (Å²) in [7, 11) is 0. The molecule has 1 saturated heterocycles. The number of nitrogens with one attached hydrogen (secondary N) is 4. The van der Waals surface area contributed by atoms with Crippen molar-refractivity contribution in [1.29, 1.82) is 0 Å². The number of H-pyrrole nitrogens is 1. The van der Waals surface area contributed by atoms with Crippen molar-refractivity contribution in [2.45, 2.75) is 44.4 Å². The molecular formula is C26H31N7O7. The number of hydrogen-bond acceptors (Lipinski definition) is 9. The highest BCUT2D eigenvalue weighted by Crippen LogP contribution is 2.30. The molecule has 1 fully saturated rings. The van der Waals surface area contributed by atoms with Crippen LogP contribution < -0.4 is 21.6 Å². The molecule has 4 rings (SSSR count). The Hall–Kier alpha value is -4.72. The number of imidazole rings is 1. The number of carbonyl (C=O) groups is 3. The van der Waals surface area contributed by atoms with Gasteiger partial charge in [0.15, 0.2) is 0 Å². The summed E-state index contributed by atoms with van der Waals surface area (Å²) in [6, 6.07) is 7.51. The van der Waals surface area contributed by atoms with Gasteiger partial charge in [-0.3, -0.25) is 14.7 Å². The van der Waals surface area contributed by atoms with E-state index in [1.807, 2.05) is 6.07 Å². The second-order valence-corrected chi connectivity index (χ2v) is 9.13. The monoisotopic (exact) mass is 553 g/mol. The van der Waals surface area contributed by atoms with Crippen LogP contribution in [0.25, 0.3) is 0 Å². The van der Waals surface area contributed by atoms with E-state index < -0.39 is 23.8 Å². The number of nitrogens with zero attached hydrogens (tertiary/aromatic N) is 3. The van der Waals surface area contributed by atoms with Crippen molar-refractivity contribution < 1.29 is 29.0 Å². The highest BCUT2D eigenvalue weighted by molar-refractivity contribution is 5.89. The number of aromatic nitrogens is 4. The molecule has 0 aliphatic carbocycles. The lowest BCUT2D eigenvalue weighted by atomic mass is 9.93. The Bertz CT molecular complexity index is 1340. The van der Waals surface area contributed by atoms with Crippen molar-refractivity contribution in [3.8, 4) is 0 Å². The molecule has 0 bridgehead atoms. The number of carbonyl (C=O) groups excluding carboxylic acids is 2. The molecule has 40 heavy (non-hydrogen) atoms. The molecule has 0 radical (unpaired) electrons. The van der Waals surface area contributed by atoms with E-state index in [0.717, 1.165) is 10.1 Å². The van der Waals surface area contributed by atoms with Crippen LogP contribution in [0.15, 0.2) is 53.7 Å². The van der Waals surface area contributed by atoms with E-state index in [9.17, 15) is 24.3 Å². The number of amides is 2. The van der Waals surface area contributed by atoms with Gasteiger partial charge in [0.2, 0.25) is 11.9 Å². The lowest BCUT2D eigenvalue weighted by Gasteiger charge is -2.25. The van der Waals surface area contributed by atoms with Crippen molar-refractivity contribution in [3.05, 3.63) is 70.5 Å². The van der Waals surface area contributed by atoms with Gasteiger partial charge in [-0.1, -0.05) is 30.3 Å². The lowest BCUT2D eigenvalue weighted by Crippen LogP contribution is -2.46. The molecule has 2 amide bonds. The second kappa shape index (κ2) is 13.9. The van der Waals surface area contributed by atoms with Gasteiger partial charge in [0.05, 0.1) is 6.54 Å². The van der Waals surface area contributed by atoms with Gasteiger partial charge in [0.25, 0.3) is 0 Å². The molecule has 0 saturated carbocycles. The molecule has 1 atom stereocenters. The van der Waals surface area contributed by atoms with Crippen LogP contribution in [0.1, 0.15) is 36.3 Å². The summed E-state index contributed by atoms with van der Waals surface area (Å²) in [5.41, 5.74) is 0.738. The number of rotatable bonds is 12. The van der Waals surface area contributed by atoms with Crippen molar-refractivity contribution in [3.63, 3.8) is 0 Å². The largest absolute Gasteiger partial charge is 0.480 e. The maximum absolute atomic E-state index is 12.9. The Labute approximate surface area is 229 Å². The average molecular weight is 554 g/mol. The number of alkyl carbamates (subject to hydrolysis) is 1. The summed E-state index contributed by atoms with van der Waals surface area (Å²) in [6.07, 6.45) is 5.20. The van der Waals surface area contributed by atoms with Crippen LogP contribution in [0.2, 0.25) is 0 Å². The molecule has 0 spiro atoms. The molecule has 212 valence electrons. The Morgan fingerprint density at radius 2 is 1.98 bits per heavy atom. The van der Waals surface area contributed by atoms with E-state index in [-0.39, 0.29) is 37.9 Å². The summed E-state index contributed by atoms with van der Waals surface area (Å²) in [4.78, 5) is 60.2. The first-order valence-corrected chi connectivity index (χ1v) is 12.8. The zero-order chi connectivity index (χ0) is 28.3.